The van der Waals surface area contributed by atoms with E-state index < -0.39 is 0 Å². The molecule has 0 aliphatic heterocycles. The average molecular weight is 345 g/mol. The quantitative estimate of drug-likeness (QED) is 0.602. The highest BCUT2D eigenvalue weighted by Crippen LogP contribution is 2.32. The zero-order valence-corrected chi connectivity index (χ0v) is 13.9. The second kappa shape index (κ2) is 7.20. The highest BCUT2D eigenvalue weighted by Gasteiger charge is 2.17. The Morgan fingerprint density at radius 1 is 1.43 bits per heavy atom. The molecule has 1 heterocycles. The van der Waals surface area contributed by atoms with Crippen LogP contribution in [0.4, 0.5) is 0 Å². The normalized spacial score (nSPS) is 10.7. The van der Waals surface area contributed by atoms with Gasteiger partial charge in [-0.1, -0.05) is 23.2 Å². The summed E-state index contributed by atoms with van der Waals surface area (Å²) in [4.78, 5) is 12.7. The minimum absolute atomic E-state index is 0.334. The fourth-order valence-electron chi connectivity index (χ4n) is 1.75. The summed E-state index contributed by atoms with van der Waals surface area (Å²) in [5.74, 6) is 0.184. The summed E-state index contributed by atoms with van der Waals surface area (Å²) in [5, 5.41) is 5.37. The number of carbonyl (C=O) groups excluding carboxylic acids is 1. The van der Waals surface area contributed by atoms with Gasteiger partial charge in [-0.05, 0) is 25.1 Å². The summed E-state index contributed by atoms with van der Waals surface area (Å²) in [6.45, 7) is 2.11. The van der Waals surface area contributed by atoms with Crippen molar-refractivity contribution in [1.82, 2.24) is 9.78 Å². The number of rotatable bonds is 5. The van der Waals surface area contributed by atoms with E-state index in [9.17, 15) is 4.79 Å². The lowest BCUT2D eigenvalue weighted by Gasteiger charge is -2.07. The van der Waals surface area contributed by atoms with Crippen molar-refractivity contribution in [2.24, 2.45) is 7.05 Å². The maximum Gasteiger partial charge on any atom is 0.341 e. The lowest BCUT2D eigenvalue weighted by molar-refractivity contribution is 0.0525. The number of halogens is 2. The Morgan fingerprint density at radius 2 is 2.19 bits per heavy atom. The molecule has 2 rings (SSSR count). The van der Waals surface area contributed by atoms with Crippen LogP contribution in [0.2, 0.25) is 10.0 Å². The third-order valence-corrected chi connectivity index (χ3v) is 4.56. The lowest BCUT2D eigenvalue weighted by Crippen LogP contribution is -2.08. The second-order valence-electron chi connectivity index (χ2n) is 4.21. The van der Waals surface area contributed by atoms with Crippen molar-refractivity contribution in [2.75, 3.05) is 6.61 Å². The third-order valence-electron chi connectivity index (χ3n) is 2.81. The molecule has 0 N–H and O–H groups in total. The molecular formula is C14H14Cl2N2O2S. The molecule has 0 saturated heterocycles. The fraction of sp³-hybridized carbons (Fsp3) is 0.286. The van der Waals surface area contributed by atoms with Crippen molar-refractivity contribution in [3.05, 3.63) is 45.7 Å². The Hall–Kier alpha value is -1.17. The van der Waals surface area contributed by atoms with Gasteiger partial charge in [0, 0.05) is 22.7 Å². The summed E-state index contributed by atoms with van der Waals surface area (Å²) < 4.78 is 6.69. The number of thioether (sulfide) groups is 1. The van der Waals surface area contributed by atoms with Crippen LogP contribution < -0.4 is 0 Å². The average Bonchev–Trinajstić information content (AvgIpc) is 2.81. The standard InChI is InChI=1S/C14H14Cl2N2O2S/c1-3-20-14(19)10-7-17-18(2)12(10)8-21-13-6-9(15)4-5-11(13)16/h4-7H,3,8H2,1-2H3. The van der Waals surface area contributed by atoms with Crippen molar-refractivity contribution in [3.63, 3.8) is 0 Å². The van der Waals surface area contributed by atoms with Gasteiger partial charge >= 0.3 is 5.97 Å². The molecule has 0 bridgehead atoms. The summed E-state index contributed by atoms with van der Waals surface area (Å²) >= 11 is 13.6. The van der Waals surface area contributed by atoms with Gasteiger partial charge in [0.2, 0.25) is 0 Å². The van der Waals surface area contributed by atoms with Gasteiger partial charge in [0.1, 0.15) is 5.56 Å². The van der Waals surface area contributed by atoms with Crippen molar-refractivity contribution in [3.8, 4) is 0 Å². The minimum Gasteiger partial charge on any atom is -0.462 e. The van der Waals surface area contributed by atoms with E-state index >= 15 is 0 Å². The van der Waals surface area contributed by atoms with Crippen molar-refractivity contribution in [2.45, 2.75) is 17.6 Å². The third kappa shape index (κ3) is 3.93. The summed E-state index contributed by atoms with van der Waals surface area (Å²) in [6, 6.07) is 5.29. The Kier molecular flexibility index (Phi) is 5.56. The van der Waals surface area contributed by atoms with Crippen LogP contribution in [0, 0.1) is 0 Å². The number of carbonyl (C=O) groups is 1. The van der Waals surface area contributed by atoms with Gasteiger partial charge in [0.05, 0.1) is 23.5 Å². The van der Waals surface area contributed by atoms with Crippen LogP contribution in [0.1, 0.15) is 23.0 Å². The number of nitrogens with zero attached hydrogens (tertiary/aromatic N) is 2. The van der Waals surface area contributed by atoms with Crippen LogP contribution in [0.3, 0.4) is 0 Å². The molecule has 1 aromatic heterocycles. The summed E-state index contributed by atoms with van der Waals surface area (Å²) in [5.41, 5.74) is 1.26. The number of esters is 1. The molecule has 0 saturated carbocycles. The Balaban J connectivity index is 2.18. The van der Waals surface area contributed by atoms with Crippen LogP contribution in [0.5, 0.6) is 0 Å². The topological polar surface area (TPSA) is 44.1 Å². The zero-order valence-electron chi connectivity index (χ0n) is 11.6. The molecule has 0 spiro atoms. The van der Waals surface area contributed by atoms with E-state index in [2.05, 4.69) is 5.10 Å². The first-order chi connectivity index (χ1) is 10.0. The van der Waals surface area contributed by atoms with Crippen LogP contribution in [-0.2, 0) is 17.5 Å². The van der Waals surface area contributed by atoms with E-state index in [4.69, 9.17) is 27.9 Å². The second-order valence-corrected chi connectivity index (χ2v) is 6.07. The molecule has 1 aromatic carbocycles. The Bertz CT molecular complexity index is 658. The SMILES string of the molecule is CCOC(=O)c1cnn(C)c1CSc1cc(Cl)ccc1Cl. The monoisotopic (exact) mass is 344 g/mol. The van der Waals surface area contributed by atoms with Crippen LogP contribution in [-0.4, -0.2) is 22.4 Å². The Labute approximate surface area is 137 Å². The van der Waals surface area contributed by atoms with Crippen LogP contribution in [0.25, 0.3) is 0 Å². The van der Waals surface area contributed by atoms with Gasteiger partial charge < -0.3 is 4.74 Å². The maximum absolute atomic E-state index is 11.9. The van der Waals surface area contributed by atoms with Gasteiger partial charge in [-0.25, -0.2) is 4.79 Å². The van der Waals surface area contributed by atoms with E-state index in [0.29, 0.717) is 28.0 Å². The molecule has 0 radical (unpaired) electrons. The number of benzene rings is 1. The molecule has 0 atom stereocenters. The summed E-state index contributed by atoms with van der Waals surface area (Å²) in [6.07, 6.45) is 1.52. The smallest absolute Gasteiger partial charge is 0.341 e. The molecule has 0 aliphatic rings. The highest BCUT2D eigenvalue weighted by atomic mass is 35.5. The first-order valence-electron chi connectivity index (χ1n) is 6.28. The van der Waals surface area contributed by atoms with Crippen molar-refractivity contribution in [1.29, 1.82) is 0 Å². The van der Waals surface area contributed by atoms with E-state index in [1.165, 1.54) is 18.0 Å². The van der Waals surface area contributed by atoms with Gasteiger partial charge in [0.15, 0.2) is 0 Å². The predicted octanol–water partition coefficient (Wildman–Crippen LogP) is 4.20. The van der Waals surface area contributed by atoms with E-state index in [1.54, 1.807) is 36.9 Å². The summed E-state index contributed by atoms with van der Waals surface area (Å²) in [7, 11) is 1.79. The van der Waals surface area contributed by atoms with E-state index in [-0.39, 0.29) is 5.97 Å². The molecule has 0 aliphatic carbocycles. The maximum atomic E-state index is 11.9. The fourth-order valence-corrected chi connectivity index (χ4v) is 3.32. The van der Waals surface area contributed by atoms with Gasteiger partial charge in [0.25, 0.3) is 0 Å². The molecule has 21 heavy (non-hydrogen) atoms. The van der Waals surface area contributed by atoms with Gasteiger partial charge in [-0.3, -0.25) is 4.68 Å². The molecule has 0 unspecified atom stereocenters. The van der Waals surface area contributed by atoms with Crippen molar-refractivity contribution >= 4 is 40.9 Å². The number of hydrogen-bond acceptors (Lipinski definition) is 4. The first kappa shape index (κ1) is 16.2. The van der Waals surface area contributed by atoms with Crippen LogP contribution >= 0.6 is 35.0 Å². The number of hydrogen-bond donors (Lipinski definition) is 0. The number of ether oxygens (including phenoxy) is 1. The molecular weight excluding hydrogens is 331 g/mol. The van der Waals surface area contributed by atoms with E-state index in [0.717, 1.165) is 10.6 Å². The predicted molar refractivity (Wildman–Crippen MR) is 85.2 cm³/mol. The zero-order chi connectivity index (χ0) is 15.4. The first-order valence-corrected chi connectivity index (χ1v) is 8.03. The lowest BCUT2D eigenvalue weighted by atomic mass is 10.3. The number of aromatic nitrogens is 2. The molecule has 2 aromatic rings. The van der Waals surface area contributed by atoms with Gasteiger partial charge in [-0.2, -0.15) is 5.10 Å². The molecule has 7 heteroatoms. The van der Waals surface area contributed by atoms with Gasteiger partial charge in [-0.15, -0.1) is 11.8 Å². The molecule has 112 valence electrons. The van der Waals surface area contributed by atoms with Crippen molar-refractivity contribution < 1.29 is 9.53 Å². The molecule has 0 amide bonds. The largest absolute Gasteiger partial charge is 0.462 e. The minimum atomic E-state index is -0.363. The van der Waals surface area contributed by atoms with E-state index in [1.807, 2.05) is 0 Å². The number of aryl methyl sites for hydroxylation is 1. The van der Waals surface area contributed by atoms with Crippen LogP contribution in [0.15, 0.2) is 29.3 Å². The molecule has 4 nitrogen and oxygen atoms in total. The highest BCUT2D eigenvalue weighted by molar-refractivity contribution is 7.98. The Morgan fingerprint density at radius 3 is 2.90 bits per heavy atom. The molecule has 0 fully saturated rings.